The number of amides is 2. The van der Waals surface area contributed by atoms with Gasteiger partial charge in [-0.1, -0.05) is 34.1 Å². The van der Waals surface area contributed by atoms with Crippen molar-refractivity contribution in [2.45, 2.75) is 6.54 Å². The van der Waals surface area contributed by atoms with Crippen molar-refractivity contribution in [3.63, 3.8) is 0 Å². The number of benzene rings is 2. The highest BCUT2D eigenvalue weighted by Gasteiger charge is 2.35. The molecule has 7 heteroatoms. The molecule has 0 aromatic heterocycles. The Morgan fingerprint density at radius 1 is 1.21 bits per heavy atom. The Kier molecular flexibility index (Phi) is 5.31. The summed E-state index contributed by atoms with van der Waals surface area (Å²) in [4.78, 5) is 26.3. The molecule has 0 unspecified atom stereocenters. The fourth-order valence-corrected chi connectivity index (χ4v) is 3.97. The van der Waals surface area contributed by atoms with Crippen LogP contribution in [0.25, 0.3) is 6.08 Å². The molecule has 1 aliphatic heterocycles. The summed E-state index contributed by atoms with van der Waals surface area (Å²) in [5.74, 6) is -0.271. The number of carbonyl (C=O) groups is 2. The molecule has 24 heavy (non-hydrogen) atoms. The van der Waals surface area contributed by atoms with Crippen molar-refractivity contribution in [2.24, 2.45) is 0 Å². The Morgan fingerprint density at radius 3 is 2.71 bits per heavy atom. The van der Waals surface area contributed by atoms with Crippen LogP contribution in [0.4, 0.5) is 4.79 Å². The zero-order valence-corrected chi connectivity index (χ0v) is 16.8. The number of halogens is 2. The molecule has 2 amide bonds. The van der Waals surface area contributed by atoms with Crippen LogP contribution in [0.15, 0.2) is 51.8 Å². The monoisotopic (exact) mass is 515 g/mol. The standard InChI is InChI=1S/C17H11BrINO3S/c18-13-4-2-1-3-10(13)9-20-16(22)15(24-17(20)23)8-11-7-12(19)5-6-14(11)21/h1-8,21H,9H2/b15-8-. The smallest absolute Gasteiger partial charge is 0.293 e. The molecule has 0 radical (unpaired) electrons. The lowest BCUT2D eigenvalue weighted by Crippen LogP contribution is -2.27. The lowest BCUT2D eigenvalue weighted by molar-refractivity contribution is -0.123. The van der Waals surface area contributed by atoms with E-state index in [1.54, 1.807) is 24.3 Å². The fraction of sp³-hybridized carbons (Fsp3) is 0.0588. The third-order valence-electron chi connectivity index (χ3n) is 3.44. The molecular weight excluding hydrogens is 505 g/mol. The van der Waals surface area contributed by atoms with Crippen molar-refractivity contribution in [2.75, 3.05) is 0 Å². The highest BCUT2D eigenvalue weighted by molar-refractivity contribution is 14.1. The summed E-state index contributed by atoms with van der Waals surface area (Å²) >= 11 is 6.44. The Morgan fingerprint density at radius 2 is 1.96 bits per heavy atom. The van der Waals surface area contributed by atoms with Gasteiger partial charge in [-0.15, -0.1) is 0 Å². The highest BCUT2D eigenvalue weighted by atomic mass is 127. The zero-order chi connectivity index (χ0) is 17.3. The summed E-state index contributed by atoms with van der Waals surface area (Å²) in [6.45, 7) is 0.210. The predicted octanol–water partition coefficient (Wildman–Crippen LogP) is 5.00. The summed E-state index contributed by atoms with van der Waals surface area (Å²) in [5, 5.41) is 9.60. The second kappa shape index (κ2) is 7.28. The van der Waals surface area contributed by atoms with E-state index in [4.69, 9.17) is 0 Å². The summed E-state index contributed by atoms with van der Waals surface area (Å²) in [7, 11) is 0. The predicted molar refractivity (Wildman–Crippen MR) is 106 cm³/mol. The van der Waals surface area contributed by atoms with Crippen LogP contribution in [-0.4, -0.2) is 21.2 Å². The Bertz CT molecular complexity index is 869. The van der Waals surface area contributed by atoms with Gasteiger partial charge in [-0.3, -0.25) is 14.5 Å². The largest absolute Gasteiger partial charge is 0.507 e. The molecule has 1 aliphatic rings. The number of phenolic OH excluding ortho intramolecular Hbond substituents is 1. The minimum absolute atomic E-state index is 0.0769. The maximum absolute atomic E-state index is 12.5. The Hall–Kier alpha value is -1.32. The van der Waals surface area contributed by atoms with E-state index in [1.807, 2.05) is 24.3 Å². The number of hydrogen-bond acceptors (Lipinski definition) is 4. The first kappa shape index (κ1) is 17.5. The number of rotatable bonds is 3. The van der Waals surface area contributed by atoms with E-state index in [1.165, 1.54) is 4.90 Å². The maximum atomic E-state index is 12.5. The molecule has 0 saturated carbocycles. The van der Waals surface area contributed by atoms with Crippen LogP contribution in [0.5, 0.6) is 5.75 Å². The number of hydrogen-bond donors (Lipinski definition) is 1. The first-order valence-corrected chi connectivity index (χ1v) is 9.62. The van der Waals surface area contributed by atoms with Crippen LogP contribution in [0.1, 0.15) is 11.1 Å². The molecule has 122 valence electrons. The van der Waals surface area contributed by atoms with Gasteiger partial charge >= 0.3 is 0 Å². The van der Waals surface area contributed by atoms with Gasteiger partial charge in [-0.2, -0.15) is 0 Å². The number of thioether (sulfide) groups is 1. The lowest BCUT2D eigenvalue weighted by atomic mass is 10.2. The summed E-state index contributed by atoms with van der Waals surface area (Å²) in [5.41, 5.74) is 1.38. The molecule has 0 aliphatic carbocycles. The molecule has 1 fully saturated rings. The fourth-order valence-electron chi connectivity index (χ4n) is 2.22. The van der Waals surface area contributed by atoms with Crippen molar-refractivity contribution in [1.82, 2.24) is 4.90 Å². The van der Waals surface area contributed by atoms with Gasteiger partial charge in [-0.05, 0) is 70.3 Å². The van der Waals surface area contributed by atoms with Gasteiger partial charge in [0.25, 0.3) is 11.1 Å². The van der Waals surface area contributed by atoms with Crippen LogP contribution in [0.3, 0.4) is 0 Å². The van der Waals surface area contributed by atoms with Gasteiger partial charge in [0.15, 0.2) is 0 Å². The van der Waals surface area contributed by atoms with Crippen LogP contribution in [0.2, 0.25) is 0 Å². The van der Waals surface area contributed by atoms with Gasteiger partial charge < -0.3 is 5.11 Å². The average Bonchev–Trinajstić information content (AvgIpc) is 2.80. The van der Waals surface area contributed by atoms with Crippen molar-refractivity contribution < 1.29 is 14.7 Å². The van der Waals surface area contributed by atoms with Crippen LogP contribution < -0.4 is 0 Å². The molecule has 1 heterocycles. The Labute approximate surface area is 165 Å². The van der Waals surface area contributed by atoms with E-state index in [0.717, 1.165) is 25.4 Å². The van der Waals surface area contributed by atoms with Gasteiger partial charge in [0.1, 0.15) is 5.75 Å². The topological polar surface area (TPSA) is 57.6 Å². The SMILES string of the molecule is O=C1S/C(=C\c2cc(I)ccc2O)C(=O)N1Cc1ccccc1Br. The number of phenols is 1. The molecule has 2 aromatic carbocycles. The van der Waals surface area contributed by atoms with E-state index in [0.29, 0.717) is 10.5 Å². The third kappa shape index (κ3) is 3.68. The zero-order valence-electron chi connectivity index (χ0n) is 12.2. The number of aromatic hydroxyl groups is 1. The lowest BCUT2D eigenvalue weighted by Gasteiger charge is -2.13. The van der Waals surface area contributed by atoms with Crippen LogP contribution in [0, 0.1) is 3.57 Å². The highest BCUT2D eigenvalue weighted by Crippen LogP contribution is 2.35. The molecule has 3 rings (SSSR count). The van der Waals surface area contributed by atoms with Crippen LogP contribution >= 0.6 is 50.3 Å². The molecule has 1 saturated heterocycles. The van der Waals surface area contributed by atoms with Crippen molar-refractivity contribution >= 4 is 67.5 Å². The molecule has 2 aromatic rings. The van der Waals surface area contributed by atoms with Crippen molar-refractivity contribution in [1.29, 1.82) is 0 Å². The number of nitrogens with zero attached hydrogens (tertiary/aromatic N) is 1. The van der Waals surface area contributed by atoms with Gasteiger partial charge in [0, 0.05) is 13.6 Å². The summed E-state index contributed by atoms with van der Waals surface area (Å²) in [6, 6.07) is 12.6. The first-order valence-electron chi connectivity index (χ1n) is 6.93. The minimum atomic E-state index is -0.348. The molecule has 0 spiro atoms. The summed E-state index contributed by atoms with van der Waals surface area (Å²) < 4.78 is 1.78. The summed E-state index contributed by atoms with van der Waals surface area (Å²) in [6.07, 6.45) is 1.56. The molecular formula is C17H11BrINO3S. The van der Waals surface area contributed by atoms with E-state index >= 15 is 0 Å². The Balaban J connectivity index is 1.88. The molecule has 0 atom stereocenters. The molecule has 0 bridgehead atoms. The van der Waals surface area contributed by atoms with Gasteiger partial charge in [-0.25, -0.2) is 0 Å². The number of imide groups is 1. The third-order valence-corrected chi connectivity index (χ3v) is 5.79. The second-order valence-corrected chi connectivity index (χ2v) is 8.16. The molecule has 4 nitrogen and oxygen atoms in total. The normalized spacial score (nSPS) is 16.2. The van der Waals surface area contributed by atoms with Crippen LogP contribution in [-0.2, 0) is 11.3 Å². The van der Waals surface area contributed by atoms with E-state index in [2.05, 4.69) is 38.5 Å². The van der Waals surface area contributed by atoms with Crippen molar-refractivity contribution in [3.8, 4) is 5.75 Å². The second-order valence-electron chi connectivity index (χ2n) is 5.06. The van der Waals surface area contributed by atoms with Gasteiger partial charge in [0.05, 0.1) is 11.4 Å². The quantitative estimate of drug-likeness (QED) is 0.462. The van der Waals surface area contributed by atoms with Crippen molar-refractivity contribution in [3.05, 3.63) is 66.5 Å². The molecule has 1 N–H and O–H groups in total. The minimum Gasteiger partial charge on any atom is -0.507 e. The first-order chi connectivity index (χ1) is 11.5. The van der Waals surface area contributed by atoms with E-state index < -0.39 is 0 Å². The average molecular weight is 516 g/mol. The van der Waals surface area contributed by atoms with E-state index in [9.17, 15) is 14.7 Å². The van der Waals surface area contributed by atoms with E-state index in [-0.39, 0.29) is 23.4 Å². The number of carbonyl (C=O) groups excluding carboxylic acids is 2. The maximum Gasteiger partial charge on any atom is 0.293 e. The van der Waals surface area contributed by atoms with Gasteiger partial charge in [0.2, 0.25) is 0 Å².